The van der Waals surface area contributed by atoms with Crippen molar-refractivity contribution in [3.63, 3.8) is 0 Å². The van der Waals surface area contributed by atoms with Gasteiger partial charge in [0.1, 0.15) is 11.5 Å². The van der Waals surface area contributed by atoms with Crippen molar-refractivity contribution in [2.75, 3.05) is 11.4 Å². The minimum absolute atomic E-state index is 0.419. The lowest BCUT2D eigenvalue weighted by atomic mass is 10.0. The maximum Gasteiger partial charge on any atom is 0.511 e. The van der Waals surface area contributed by atoms with Gasteiger partial charge in [0.25, 0.3) is 0 Å². The molecule has 0 atom stereocenters. The average Bonchev–Trinajstić information content (AvgIpc) is 2.52. The summed E-state index contributed by atoms with van der Waals surface area (Å²) in [6, 6.07) is 5.71. The summed E-state index contributed by atoms with van der Waals surface area (Å²) in [5.41, 5.74) is 1.97. The van der Waals surface area contributed by atoms with Crippen molar-refractivity contribution >= 4 is 11.8 Å². The van der Waals surface area contributed by atoms with Gasteiger partial charge in [0.05, 0.1) is 11.9 Å². The largest absolute Gasteiger partial charge is 0.511 e. The van der Waals surface area contributed by atoms with Crippen LogP contribution in [0.15, 0.2) is 42.5 Å². The van der Waals surface area contributed by atoms with Crippen LogP contribution in [0.2, 0.25) is 0 Å². The van der Waals surface area contributed by atoms with Gasteiger partial charge in [0, 0.05) is 19.2 Å². The summed E-state index contributed by atoms with van der Waals surface area (Å²) in [6.07, 6.45) is 4.38. The lowest BCUT2D eigenvalue weighted by molar-refractivity contribution is 0.116. The smallest absolute Gasteiger partial charge is 0.463 e. The van der Waals surface area contributed by atoms with E-state index in [0.29, 0.717) is 18.7 Å². The molecule has 18 heavy (non-hydrogen) atoms. The molecule has 0 unspecified atom stereocenters. The van der Waals surface area contributed by atoms with E-state index in [-0.39, 0.29) is 0 Å². The standard InChI is InChI=1S/C13H11NO4/c15-13(16)18-10-7-9-3-1-4-11-12(9)14(8-10)5-2-6-17-11/h1-4,6,8H,5,7H2,(H,15,16). The Kier molecular flexibility index (Phi) is 2.44. The second-order valence-electron chi connectivity index (χ2n) is 4.05. The van der Waals surface area contributed by atoms with Gasteiger partial charge in [-0.25, -0.2) is 4.79 Å². The summed E-state index contributed by atoms with van der Waals surface area (Å²) in [7, 11) is 0. The third kappa shape index (κ3) is 1.79. The molecule has 2 aliphatic heterocycles. The van der Waals surface area contributed by atoms with Crippen LogP contribution in [-0.2, 0) is 11.2 Å². The number of benzene rings is 1. The summed E-state index contributed by atoms with van der Waals surface area (Å²) in [4.78, 5) is 12.5. The van der Waals surface area contributed by atoms with Gasteiger partial charge in [-0.15, -0.1) is 0 Å². The van der Waals surface area contributed by atoms with E-state index in [1.54, 1.807) is 12.5 Å². The minimum Gasteiger partial charge on any atom is -0.463 e. The zero-order chi connectivity index (χ0) is 12.5. The van der Waals surface area contributed by atoms with E-state index in [4.69, 9.17) is 14.6 Å². The summed E-state index contributed by atoms with van der Waals surface area (Å²) in [5, 5.41) is 8.68. The van der Waals surface area contributed by atoms with Crippen molar-refractivity contribution in [1.29, 1.82) is 0 Å². The maximum absolute atomic E-state index is 10.6. The number of para-hydroxylation sites is 1. The van der Waals surface area contributed by atoms with Crippen LogP contribution in [0.1, 0.15) is 5.56 Å². The molecule has 0 saturated carbocycles. The van der Waals surface area contributed by atoms with Gasteiger partial charge >= 0.3 is 6.16 Å². The molecule has 1 N–H and O–H groups in total. The molecule has 0 fully saturated rings. The number of hydrogen-bond acceptors (Lipinski definition) is 4. The summed E-state index contributed by atoms with van der Waals surface area (Å²) in [5.74, 6) is 1.19. The van der Waals surface area contributed by atoms with E-state index in [1.165, 1.54) is 0 Å². The highest BCUT2D eigenvalue weighted by Gasteiger charge is 2.23. The molecule has 0 saturated heterocycles. The zero-order valence-corrected chi connectivity index (χ0v) is 9.50. The number of rotatable bonds is 1. The summed E-state index contributed by atoms with van der Waals surface area (Å²) >= 11 is 0. The van der Waals surface area contributed by atoms with Crippen molar-refractivity contribution in [2.45, 2.75) is 6.42 Å². The third-order valence-corrected chi connectivity index (χ3v) is 2.85. The molecule has 2 heterocycles. The van der Waals surface area contributed by atoms with Crippen LogP contribution in [0.3, 0.4) is 0 Å². The van der Waals surface area contributed by atoms with Gasteiger partial charge in [-0.05, 0) is 17.7 Å². The van der Waals surface area contributed by atoms with E-state index < -0.39 is 6.16 Å². The van der Waals surface area contributed by atoms with Gasteiger partial charge in [-0.3, -0.25) is 0 Å². The lowest BCUT2D eigenvalue weighted by Gasteiger charge is -2.27. The van der Waals surface area contributed by atoms with Crippen LogP contribution in [0, 0.1) is 0 Å². The molecule has 5 heteroatoms. The molecule has 0 spiro atoms. The van der Waals surface area contributed by atoms with Crippen LogP contribution in [0.4, 0.5) is 10.5 Å². The number of nitrogens with zero attached hydrogens (tertiary/aromatic N) is 1. The highest BCUT2D eigenvalue weighted by Crippen LogP contribution is 2.38. The van der Waals surface area contributed by atoms with Gasteiger partial charge < -0.3 is 19.5 Å². The van der Waals surface area contributed by atoms with Crippen LogP contribution in [0.25, 0.3) is 0 Å². The third-order valence-electron chi connectivity index (χ3n) is 2.85. The number of carboxylic acid groups (broad SMARTS) is 1. The first-order valence-electron chi connectivity index (χ1n) is 5.56. The van der Waals surface area contributed by atoms with E-state index in [2.05, 4.69) is 0 Å². The molecule has 0 radical (unpaired) electrons. The molecule has 0 amide bonds. The first-order valence-corrected chi connectivity index (χ1v) is 5.56. The Morgan fingerprint density at radius 1 is 1.44 bits per heavy atom. The number of anilines is 1. The molecule has 0 bridgehead atoms. The van der Waals surface area contributed by atoms with E-state index in [9.17, 15) is 4.79 Å². The Morgan fingerprint density at radius 2 is 2.33 bits per heavy atom. The fourth-order valence-corrected chi connectivity index (χ4v) is 2.20. The van der Waals surface area contributed by atoms with Gasteiger partial charge in [0.2, 0.25) is 0 Å². The molecule has 0 aliphatic carbocycles. The SMILES string of the molecule is O=C(O)OC1=CN2CC=COc3cccc(c32)C1. The second-order valence-corrected chi connectivity index (χ2v) is 4.05. The molecular formula is C13H11NO4. The Balaban J connectivity index is 2.03. The van der Waals surface area contributed by atoms with Gasteiger partial charge in [-0.1, -0.05) is 12.1 Å². The normalized spacial score (nSPS) is 16.2. The first kappa shape index (κ1) is 10.7. The quantitative estimate of drug-likeness (QED) is 0.770. The maximum atomic E-state index is 10.6. The predicted octanol–water partition coefficient (Wildman–Crippen LogP) is 2.49. The van der Waals surface area contributed by atoms with Crippen LogP contribution in [-0.4, -0.2) is 17.8 Å². The Morgan fingerprint density at radius 3 is 3.17 bits per heavy atom. The average molecular weight is 245 g/mol. The van der Waals surface area contributed by atoms with E-state index in [1.807, 2.05) is 29.2 Å². The van der Waals surface area contributed by atoms with Crippen molar-refractivity contribution in [3.05, 3.63) is 48.1 Å². The second kappa shape index (κ2) is 4.10. The van der Waals surface area contributed by atoms with Crippen molar-refractivity contribution in [3.8, 4) is 5.75 Å². The molecule has 0 aromatic heterocycles. The monoisotopic (exact) mass is 245 g/mol. The lowest BCUT2D eigenvalue weighted by Crippen LogP contribution is -2.23. The fourth-order valence-electron chi connectivity index (χ4n) is 2.20. The Bertz CT molecular complexity index is 562. The number of carbonyl (C=O) groups is 1. The van der Waals surface area contributed by atoms with Gasteiger partial charge in [-0.2, -0.15) is 0 Å². The minimum atomic E-state index is -1.29. The van der Waals surface area contributed by atoms with Crippen LogP contribution >= 0.6 is 0 Å². The molecule has 2 aliphatic rings. The number of ether oxygens (including phenoxy) is 2. The Labute approximate surface area is 104 Å². The number of hydrogen-bond donors (Lipinski definition) is 1. The van der Waals surface area contributed by atoms with E-state index in [0.717, 1.165) is 17.0 Å². The highest BCUT2D eigenvalue weighted by molar-refractivity contribution is 5.70. The molecular weight excluding hydrogens is 234 g/mol. The van der Waals surface area contributed by atoms with Crippen molar-refractivity contribution in [2.24, 2.45) is 0 Å². The molecule has 92 valence electrons. The summed E-state index contributed by atoms with van der Waals surface area (Å²) in [6.45, 7) is 0.622. The molecule has 1 aromatic carbocycles. The van der Waals surface area contributed by atoms with Gasteiger partial charge in [0.15, 0.2) is 0 Å². The fraction of sp³-hybridized carbons (Fsp3) is 0.154. The number of allylic oxidation sites excluding steroid dienone is 1. The summed E-state index contributed by atoms with van der Waals surface area (Å²) < 4.78 is 10.3. The molecule has 3 rings (SSSR count). The zero-order valence-electron chi connectivity index (χ0n) is 9.50. The van der Waals surface area contributed by atoms with Crippen LogP contribution < -0.4 is 9.64 Å². The Hall–Kier alpha value is -2.43. The molecule has 1 aromatic rings. The van der Waals surface area contributed by atoms with Crippen molar-refractivity contribution in [1.82, 2.24) is 0 Å². The highest BCUT2D eigenvalue weighted by atomic mass is 16.7. The predicted molar refractivity (Wildman–Crippen MR) is 64.5 cm³/mol. The van der Waals surface area contributed by atoms with Crippen LogP contribution in [0.5, 0.6) is 5.75 Å². The van der Waals surface area contributed by atoms with Crippen molar-refractivity contribution < 1.29 is 19.4 Å². The van der Waals surface area contributed by atoms with E-state index >= 15 is 0 Å². The molecule has 5 nitrogen and oxygen atoms in total. The first-order chi connectivity index (χ1) is 8.74. The topological polar surface area (TPSA) is 59.0 Å².